The highest BCUT2D eigenvalue weighted by Gasteiger charge is 2.23. The molecule has 25 heavy (non-hydrogen) atoms. The number of carbonyl (C=O) groups excluding carboxylic acids is 1. The standard InChI is InChI=1S/C18H15N3O4/c1-10-12(7-8-24-10)18(23)25-11(2)16(22)13(9-19)17-20-14-5-3-4-6-15(14)21-17/h3-8,11,22H,1-2H3,(H,20,21)/b16-13-/t11-/m1/s1. The molecule has 0 aliphatic rings. The molecule has 0 radical (unpaired) electrons. The Morgan fingerprint density at radius 2 is 2.16 bits per heavy atom. The summed E-state index contributed by atoms with van der Waals surface area (Å²) in [5.74, 6) is -0.398. The molecule has 0 aliphatic carbocycles. The van der Waals surface area contributed by atoms with Crippen molar-refractivity contribution in [3.05, 3.63) is 59.5 Å². The molecule has 3 rings (SSSR count). The van der Waals surface area contributed by atoms with Crippen LogP contribution in [0, 0.1) is 18.3 Å². The summed E-state index contributed by atoms with van der Waals surface area (Å²) in [6.07, 6.45) is 0.353. The van der Waals surface area contributed by atoms with Crippen LogP contribution in [0.15, 0.2) is 46.8 Å². The highest BCUT2D eigenvalue weighted by atomic mass is 16.6. The lowest BCUT2D eigenvalue weighted by molar-refractivity contribution is 0.0332. The number of esters is 1. The molecule has 0 saturated heterocycles. The number of benzene rings is 1. The number of aliphatic hydroxyl groups excluding tert-OH is 1. The van der Waals surface area contributed by atoms with E-state index >= 15 is 0 Å². The predicted molar refractivity (Wildman–Crippen MR) is 89.6 cm³/mol. The first-order valence-electron chi connectivity index (χ1n) is 7.54. The number of nitrogens with zero attached hydrogens (tertiary/aromatic N) is 2. The molecular formula is C18H15N3O4. The van der Waals surface area contributed by atoms with Crippen LogP contribution in [0.25, 0.3) is 16.6 Å². The Labute approximate surface area is 143 Å². The number of allylic oxidation sites excluding steroid dienone is 1. The molecule has 2 N–H and O–H groups in total. The van der Waals surface area contributed by atoms with E-state index in [9.17, 15) is 15.2 Å². The third-order valence-corrected chi connectivity index (χ3v) is 3.74. The van der Waals surface area contributed by atoms with E-state index in [2.05, 4.69) is 9.97 Å². The SMILES string of the molecule is Cc1occc1C(=O)O[C@H](C)/C(O)=C(\C#N)c1nc2ccccc2[nH]1. The number of rotatable bonds is 4. The van der Waals surface area contributed by atoms with E-state index in [1.54, 1.807) is 13.0 Å². The number of aromatic amines is 1. The number of fused-ring (bicyclic) bond motifs is 1. The fraction of sp³-hybridized carbons (Fsp3) is 0.167. The van der Waals surface area contributed by atoms with Gasteiger partial charge in [-0.05, 0) is 32.0 Å². The Bertz CT molecular complexity index is 974. The molecular weight excluding hydrogens is 322 g/mol. The second kappa shape index (κ2) is 6.53. The third kappa shape index (κ3) is 3.10. The molecule has 0 aliphatic heterocycles. The van der Waals surface area contributed by atoms with Crippen LogP contribution in [-0.4, -0.2) is 27.1 Å². The average Bonchev–Trinajstić information content (AvgIpc) is 3.21. The summed E-state index contributed by atoms with van der Waals surface area (Å²) >= 11 is 0. The van der Waals surface area contributed by atoms with Crippen LogP contribution in [0.5, 0.6) is 0 Å². The number of ether oxygens (including phenoxy) is 1. The zero-order valence-electron chi connectivity index (χ0n) is 13.6. The minimum Gasteiger partial charge on any atom is -0.507 e. The molecule has 0 saturated carbocycles. The number of para-hydroxylation sites is 2. The van der Waals surface area contributed by atoms with Crippen LogP contribution in [-0.2, 0) is 4.74 Å². The summed E-state index contributed by atoms with van der Waals surface area (Å²) < 4.78 is 10.3. The lowest BCUT2D eigenvalue weighted by Crippen LogP contribution is -2.18. The van der Waals surface area contributed by atoms with Crippen LogP contribution in [0.2, 0.25) is 0 Å². The number of hydrogen-bond acceptors (Lipinski definition) is 6. The fourth-order valence-corrected chi connectivity index (χ4v) is 2.38. The Kier molecular flexibility index (Phi) is 4.27. The minimum absolute atomic E-state index is 0.0829. The molecule has 2 aromatic heterocycles. The van der Waals surface area contributed by atoms with Crippen LogP contribution < -0.4 is 0 Å². The Morgan fingerprint density at radius 1 is 1.40 bits per heavy atom. The van der Waals surface area contributed by atoms with Crippen LogP contribution in [0.3, 0.4) is 0 Å². The number of aryl methyl sites for hydroxylation is 1. The first-order valence-corrected chi connectivity index (χ1v) is 7.54. The number of furan rings is 1. The third-order valence-electron chi connectivity index (χ3n) is 3.74. The second-order valence-electron chi connectivity index (χ2n) is 5.41. The molecule has 1 aromatic carbocycles. The number of hydrogen-bond donors (Lipinski definition) is 2. The van der Waals surface area contributed by atoms with Gasteiger partial charge in [0.05, 0.1) is 17.3 Å². The number of nitrogens with one attached hydrogen (secondary N) is 1. The van der Waals surface area contributed by atoms with Gasteiger partial charge in [0.1, 0.15) is 23.0 Å². The van der Waals surface area contributed by atoms with Crippen LogP contribution in [0.4, 0.5) is 0 Å². The van der Waals surface area contributed by atoms with E-state index in [4.69, 9.17) is 9.15 Å². The maximum Gasteiger partial charge on any atom is 0.342 e. The average molecular weight is 337 g/mol. The van der Waals surface area contributed by atoms with Gasteiger partial charge in [-0.3, -0.25) is 0 Å². The van der Waals surface area contributed by atoms with E-state index in [1.165, 1.54) is 19.3 Å². The first-order chi connectivity index (χ1) is 12.0. The quantitative estimate of drug-likeness (QED) is 0.428. The molecule has 0 spiro atoms. The van der Waals surface area contributed by atoms with E-state index in [0.29, 0.717) is 11.3 Å². The fourth-order valence-electron chi connectivity index (χ4n) is 2.38. The Balaban J connectivity index is 1.89. The summed E-state index contributed by atoms with van der Waals surface area (Å²) in [6, 6.07) is 10.6. The molecule has 0 unspecified atom stereocenters. The van der Waals surface area contributed by atoms with E-state index in [-0.39, 0.29) is 22.7 Å². The van der Waals surface area contributed by atoms with Gasteiger partial charge in [-0.2, -0.15) is 5.26 Å². The Morgan fingerprint density at radius 3 is 2.80 bits per heavy atom. The number of H-pyrrole nitrogens is 1. The highest BCUT2D eigenvalue weighted by molar-refractivity contribution is 5.91. The van der Waals surface area contributed by atoms with Gasteiger partial charge in [0, 0.05) is 0 Å². The monoisotopic (exact) mass is 337 g/mol. The zero-order valence-corrected chi connectivity index (χ0v) is 13.6. The van der Waals surface area contributed by atoms with Crippen molar-refractivity contribution < 1.29 is 19.1 Å². The Hall–Kier alpha value is -3.53. The van der Waals surface area contributed by atoms with Crippen LogP contribution >= 0.6 is 0 Å². The number of nitriles is 1. The van der Waals surface area contributed by atoms with Crippen molar-refractivity contribution in [3.8, 4) is 6.07 Å². The highest BCUT2D eigenvalue weighted by Crippen LogP contribution is 2.22. The number of aromatic nitrogens is 2. The lowest BCUT2D eigenvalue weighted by Gasteiger charge is -2.13. The molecule has 7 heteroatoms. The van der Waals surface area contributed by atoms with Crippen molar-refractivity contribution in [2.75, 3.05) is 0 Å². The summed E-state index contributed by atoms with van der Waals surface area (Å²) in [6.45, 7) is 3.11. The molecule has 0 amide bonds. The molecule has 0 fully saturated rings. The van der Waals surface area contributed by atoms with Crippen molar-refractivity contribution in [2.24, 2.45) is 0 Å². The summed E-state index contributed by atoms with van der Waals surface area (Å²) in [5.41, 5.74) is 1.58. The van der Waals surface area contributed by atoms with Gasteiger partial charge in [0.2, 0.25) is 0 Å². The lowest BCUT2D eigenvalue weighted by atomic mass is 10.1. The number of carbonyl (C=O) groups is 1. The molecule has 126 valence electrons. The van der Waals surface area contributed by atoms with Crippen molar-refractivity contribution in [3.63, 3.8) is 0 Å². The topological polar surface area (TPSA) is 112 Å². The van der Waals surface area contributed by atoms with E-state index < -0.39 is 12.1 Å². The predicted octanol–water partition coefficient (Wildman–Crippen LogP) is 3.50. The minimum atomic E-state index is -1.02. The van der Waals surface area contributed by atoms with Crippen LogP contribution in [0.1, 0.15) is 28.9 Å². The normalized spacial score (nSPS) is 13.2. The van der Waals surface area contributed by atoms with E-state index in [0.717, 1.165) is 5.52 Å². The second-order valence-corrected chi connectivity index (χ2v) is 5.41. The molecule has 3 aromatic rings. The molecule has 0 bridgehead atoms. The van der Waals surface area contributed by atoms with E-state index in [1.807, 2.05) is 24.3 Å². The van der Waals surface area contributed by atoms with Gasteiger partial charge in [-0.15, -0.1) is 0 Å². The van der Waals surface area contributed by atoms with Crippen molar-refractivity contribution in [1.82, 2.24) is 9.97 Å². The number of aliphatic hydroxyl groups is 1. The maximum absolute atomic E-state index is 12.1. The van der Waals surface area contributed by atoms with Gasteiger partial charge in [-0.25, -0.2) is 9.78 Å². The zero-order chi connectivity index (χ0) is 18.0. The molecule has 7 nitrogen and oxygen atoms in total. The van der Waals surface area contributed by atoms with Gasteiger partial charge in [0.15, 0.2) is 17.7 Å². The molecule has 2 heterocycles. The first kappa shape index (κ1) is 16.3. The van der Waals surface area contributed by atoms with Gasteiger partial charge < -0.3 is 19.2 Å². The van der Waals surface area contributed by atoms with Gasteiger partial charge >= 0.3 is 5.97 Å². The number of imidazole rings is 1. The van der Waals surface area contributed by atoms with Crippen molar-refractivity contribution in [2.45, 2.75) is 20.0 Å². The summed E-state index contributed by atoms with van der Waals surface area (Å²) in [7, 11) is 0. The largest absolute Gasteiger partial charge is 0.507 e. The van der Waals surface area contributed by atoms with Gasteiger partial charge in [0.25, 0.3) is 0 Å². The summed E-state index contributed by atoms with van der Waals surface area (Å²) in [5, 5.41) is 19.8. The van der Waals surface area contributed by atoms with Gasteiger partial charge in [-0.1, -0.05) is 12.1 Å². The smallest absolute Gasteiger partial charge is 0.342 e. The maximum atomic E-state index is 12.1. The van der Waals surface area contributed by atoms with Crippen molar-refractivity contribution in [1.29, 1.82) is 5.26 Å². The summed E-state index contributed by atoms with van der Waals surface area (Å²) in [4.78, 5) is 19.4. The molecule has 1 atom stereocenters. The van der Waals surface area contributed by atoms with Crippen molar-refractivity contribution >= 4 is 22.6 Å².